The predicted octanol–water partition coefficient (Wildman–Crippen LogP) is 2.13. The Morgan fingerprint density at radius 1 is 1.18 bits per heavy atom. The van der Waals surface area contributed by atoms with E-state index in [1.54, 1.807) is 26.0 Å². The molecule has 1 rings (SSSR count). The van der Waals surface area contributed by atoms with Crippen LogP contribution >= 0.6 is 0 Å². The summed E-state index contributed by atoms with van der Waals surface area (Å²) in [4.78, 5) is 22.5. The molecular weight excluding hydrogens is 218 g/mol. The lowest BCUT2D eigenvalue weighted by atomic mass is 10.3. The van der Waals surface area contributed by atoms with Gasteiger partial charge in [-0.1, -0.05) is 18.2 Å². The third kappa shape index (κ3) is 5.51. The second-order valence-corrected chi connectivity index (χ2v) is 3.67. The van der Waals surface area contributed by atoms with Gasteiger partial charge in [-0.3, -0.25) is 4.79 Å². The zero-order chi connectivity index (χ0) is 12.7. The number of benzene rings is 1. The van der Waals surface area contributed by atoms with Crippen molar-refractivity contribution in [3.8, 4) is 0 Å². The van der Waals surface area contributed by atoms with Crippen molar-refractivity contribution in [1.82, 2.24) is 0 Å². The summed E-state index contributed by atoms with van der Waals surface area (Å²) in [7, 11) is 0. The Bertz CT molecular complexity index is 410. The summed E-state index contributed by atoms with van der Waals surface area (Å²) in [5.41, 5.74) is 0.680. The maximum Gasteiger partial charge on any atom is 0.331 e. The van der Waals surface area contributed by atoms with Crippen LogP contribution < -0.4 is 5.32 Å². The number of ether oxygens (including phenoxy) is 1. The molecule has 0 saturated carbocycles. The molecule has 1 aromatic carbocycles. The number of nitrogens with one attached hydrogen (secondary N) is 1. The number of hydrogen-bond donors (Lipinski definition) is 1. The van der Waals surface area contributed by atoms with Gasteiger partial charge in [-0.25, -0.2) is 4.79 Å². The fourth-order valence-electron chi connectivity index (χ4n) is 1.12. The number of hydrogen-bond acceptors (Lipinski definition) is 3. The average Bonchev–Trinajstić information content (AvgIpc) is 2.27. The zero-order valence-corrected chi connectivity index (χ0v) is 9.84. The summed E-state index contributed by atoms with van der Waals surface area (Å²) in [6.45, 7) is 3.49. The Labute approximate surface area is 100 Å². The molecule has 0 radical (unpaired) electrons. The molecule has 0 aromatic heterocycles. The SMILES string of the molecule is CC(C)OC(=O)C=CC(=O)Nc1ccccc1. The van der Waals surface area contributed by atoms with Gasteiger partial charge in [-0.15, -0.1) is 0 Å². The van der Waals surface area contributed by atoms with Crippen LogP contribution in [0.25, 0.3) is 0 Å². The highest BCUT2D eigenvalue weighted by Crippen LogP contribution is 2.04. The molecule has 0 aliphatic heterocycles. The summed E-state index contributed by atoms with van der Waals surface area (Å²) in [5, 5.41) is 2.62. The van der Waals surface area contributed by atoms with E-state index in [2.05, 4.69) is 5.32 Å². The first-order valence-corrected chi connectivity index (χ1v) is 5.32. The van der Waals surface area contributed by atoms with Crippen molar-refractivity contribution in [3.63, 3.8) is 0 Å². The van der Waals surface area contributed by atoms with Crippen LogP contribution in [0.5, 0.6) is 0 Å². The second-order valence-electron chi connectivity index (χ2n) is 3.67. The minimum atomic E-state index is -0.525. The Kier molecular flexibility index (Phi) is 4.94. The van der Waals surface area contributed by atoms with Gasteiger partial charge >= 0.3 is 5.97 Å². The third-order valence-corrected chi connectivity index (χ3v) is 1.76. The largest absolute Gasteiger partial charge is 0.460 e. The third-order valence-electron chi connectivity index (χ3n) is 1.76. The van der Waals surface area contributed by atoms with Crippen molar-refractivity contribution in [2.24, 2.45) is 0 Å². The molecule has 4 nitrogen and oxygen atoms in total. The topological polar surface area (TPSA) is 55.4 Å². The van der Waals surface area contributed by atoms with Gasteiger partial charge in [0.25, 0.3) is 0 Å². The Balaban J connectivity index is 2.45. The van der Waals surface area contributed by atoms with Crippen molar-refractivity contribution in [1.29, 1.82) is 0 Å². The summed E-state index contributed by atoms with van der Waals surface area (Å²) < 4.78 is 4.85. The smallest absolute Gasteiger partial charge is 0.331 e. The molecule has 1 N–H and O–H groups in total. The van der Waals surface area contributed by atoms with Crippen LogP contribution in [0.1, 0.15) is 13.8 Å². The summed E-state index contributed by atoms with van der Waals surface area (Å²) in [5.74, 6) is -0.889. The van der Waals surface area contributed by atoms with Gasteiger partial charge in [-0.05, 0) is 26.0 Å². The van der Waals surface area contributed by atoms with Crippen molar-refractivity contribution in [2.75, 3.05) is 5.32 Å². The van der Waals surface area contributed by atoms with E-state index in [0.717, 1.165) is 12.2 Å². The van der Waals surface area contributed by atoms with E-state index >= 15 is 0 Å². The molecule has 0 atom stereocenters. The quantitative estimate of drug-likeness (QED) is 0.640. The minimum Gasteiger partial charge on any atom is -0.460 e. The van der Waals surface area contributed by atoms with E-state index in [0.29, 0.717) is 5.69 Å². The van der Waals surface area contributed by atoms with Crippen molar-refractivity contribution in [3.05, 3.63) is 42.5 Å². The van der Waals surface area contributed by atoms with Crippen LogP contribution in [0.4, 0.5) is 5.69 Å². The second kappa shape index (κ2) is 6.48. The van der Waals surface area contributed by atoms with Crippen LogP contribution in [0, 0.1) is 0 Å². The average molecular weight is 233 g/mol. The zero-order valence-electron chi connectivity index (χ0n) is 9.84. The number of para-hydroxylation sites is 1. The molecule has 0 saturated heterocycles. The first-order chi connectivity index (χ1) is 8.08. The number of anilines is 1. The molecule has 0 aliphatic rings. The van der Waals surface area contributed by atoms with Crippen LogP contribution in [0.15, 0.2) is 42.5 Å². The number of rotatable bonds is 4. The van der Waals surface area contributed by atoms with Crippen molar-refractivity contribution < 1.29 is 14.3 Å². The molecule has 1 aromatic rings. The van der Waals surface area contributed by atoms with Gasteiger partial charge in [0.1, 0.15) is 0 Å². The molecule has 0 fully saturated rings. The maximum absolute atomic E-state index is 11.4. The van der Waals surface area contributed by atoms with Gasteiger partial charge in [0.05, 0.1) is 6.10 Å². The molecule has 0 unspecified atom stereocenters. The molecule has 0 aliphatic carbocycles. The van der Waals surface area contributed by atoms with E-state index in [1.165, 1.54) is 0 Å². The summed E-state index contributed by atoms with van der Waals surface area (Å²) >= 11 is 0. The lowest BCUT2D eigenvalue weighted by Crippen LogP contribution is -2.11. The monoisotopic (exact) mass is 233 g/mol. The Morgan fingerprint density at radius 2 is 1.82 bits per heavy atom. The lowest BCUT2D eigenvalue weighted by molar-refractivity contribution is -0.141. The minimum absolute atomic E-state index is 0.190. The number of esters is 1. The van der Waals surface area contributed by atoms with E-state index in [9.17, 15) is 9.59 Å². The van der Waals surface area contributed by atoms with Crippen LogP contribution in [0.3, 0.4) is 0 Å². The Morgan fingerprint density at radius 3 is 2.41 bits per heavy atom. The highest BCUT2D eigenvalue weighted by Gasteiger charge is 2.02. The number of carbonyl (C=O) groups excluding carboxylic acids is 2. The van der Waals surface area contributed by atoms with E-state index < -0.39 is 5.97 Å². The predicted molar refractivity (Wildman–Crippen MR) is 65.4 cm³/mol. The maximum atomic E-state index is 11.4. The number of amides is 1. The highest BCUT2D eigenvalue weighted by molar-refractivity contribution is 6.02. The summed E-state index contributed by atoms with van der Waals surface area (Å²) in [6, 6.07) is 9.00. The molecule has 1 amide bonds. The van der Waals surface area contributed by atoms with Gasteiger partial charge in [0, 0.05) is 17.8 Å². The molecule has 4 heteroatoms. The fraction of sp³-hybridized carbons (Fsp3) is 0.231. The van der Waals surface area contributed by atoms with E-state index in [1.807, 2.05) is 18.2 Å². The number of carbonyl (C=O) groups is 2. The standard InChI is InChI=1S/C13H15NO3/c1-10(2)17-13(16)9-8-12(15)14-11-6-4-3-5-7-11/h3-10H,1-2H3,(H,14,15). The first kappa shape index (κ1) is 13.0. The first-order valence-electron chi connectivity index (χ1n) is 5.32. The normalized spacial score (nSPS) is 10.5. The van der Waals surface area contributed by atoms with Crippen LogP contribution in [0.2, 0.25) is 0 Å². The molecule has 0 heterocycles. The van der Waals surface area contributed by atoms with Crippen molar-refractivity contribution in [2.45, 2.75) is 20.0 Å². The van der Waals surface area contributed by atoms with Gasteiger partial charge < -0.3 is 10.1 Å². The molecule has 90 valence electrons. The summed E-state index contributed by atoms with van der Waals surface area (Å²) in [6.07, 6.45) is 2.07. The Hall–Kier alpha value is -2.10. The highest BCUT2D eigenvalue weighted by atomic mass is 16.5. The van der Waals surface area contributed by atoms with Crippen LogP contribution in [-0.4, -0.2) is 18.0 Å². The lowest BCUT2D eigenvalue weighted by Gasteiger charge is -2.04. The molecule has 17 heavy (non-hydrogen) atoms. The van der Waals surface area contributed by atoms with Crippen molar-refractivity contribution >= 4 is 17.6 Å². The van der Waals surface area contributed by atoms with Gasteiger partial charge in [0.2, 0.25) is 5.91 Å². The van der Waals surface area contributed by atoms with Gasteiger partial charge in [-0.2, -0.15) is 0 Å². The molecule has 0 spiro atoms. The van der Waals surface area contributed by atoms with E-state index in [-0.39, 0.29) is 12.0 Å². The molecule has 0 bridgehead atoms. The van der Waals surface area contributed by atoms with Crippen LogP contribution in [-0.2, 0) is 14.3 Å². The van der Waals surface area contributed by atoms with E-state index in [4.69, 9.17) is 4.74 Å². The fourth-order valence-corrected chi connectivity index (χ4v) is 1.12. The molecular formula is C13H15NO3. The van der Waals surface area contributed by atoms with Gasteiger partial charge in [0.15, 0.2) is 0 Å².